The number of nitrogens with zero attached hydrogens (tertiary/aromatic N) is 1. The summed E-state index contributed by atoms with van der Waals surface area (Å²) in [5, 5.41) is 0. The van der Waals surface area contributed by atoms with Crippen LogP contribution in [0.3, 0.4) is 0 Å². The molecule has 1 saturated carbocycles. The van der Waals surface area contributed by atoms with Crippen LogP contribution in [0.25, 0.3) is 0 Å². The average Bonchev–Trinajstić information content (AvgIpc) is 3.11. The molecule has 2 bridgehead atoms. The van der Waals surface area contributed by atoms with E-state index in [4.69, 9.17) is 0 Å². The van der Waals surface area contributed by atoms with E-state index in [1.807, 2.05) is 0 Å². The molecule has 1 aliphatic heterocycles. The fraction of sp³-hybridized carbons (Fsp3) is 0.500. The molecule has 1 nitrogen and oxygen atoms in total. The lowest BCUT2D eigenvalue weighted by atomic mass is 9.87. The summed E-state index contributed by atoms with van der Waals surface area (Å²) in [6.45, 7) is 2.34. The molecule has 2 fully saturated rings. The summed E-state index contributed by atoms with van der Waals surface area (Å²) in [5.41, 5.74) is 2.96. The maximum Gasteiger partial charge on any atom is 0.0366 e. The molecule has 1 heterocycles. The van der Waals surface area contributed by atoms with Gasteiger partial charge in [-0.05, 0) is 67.6 Å². The summed E-state index contributed by atoms with van der Waals surface area (Å²) in [5.74, 6) is 2.47. The zero-order chi connectivity index (χ0) is 12.7. The SMILES string of the molecule is [CH]1CCCN(c2ccc(C3CC4C=CC3C4)cc2)C1. The minimum Gasteiger partial charge on any atom is -0.371 e. The molecule has 3 aliphatic rings. The van der Waals surface area contributed by atoms with Crippen LogP contribution < -0.4 is 4.90 Å². The van der Waals surface area contributed by atoms with Gasteiger partial charge >= 0.3 is 0 Å². The van der Waals surface area contributed by atoms with Crippen LogP contribution >= 0.6 is 0 Å². The number of hydrogen-bond acceptors (Lipinski definition) is 1. The second kappa shape index (κ2) is 4.70. The summed E-state index contributed by atoms with van der Waals surface area (Å²) in [4.78, 5) is 2.49. The third-order valence-corrected chi connectivity index (χ3v) is 5.15. The van der Waals surface area contributed by atoms with Gasteiger partial charge < -0.3 is 4.90 Å². The van der Waals surface area contributed by atoms with Gasteiger partial charge in [-0.2, -0.15) is 0 Å². The molecular weight excluding hydrogens is 230 g/mol. The zero-order valence-corrected chi connectivity index (χ0v) is 11.5. The second-order valence-electron chi connectivity index (χ2n) is 6.36. The highest BCUT2D eigenvalue weighted by molar-refractivity contribution is 5.49. The molecule has 1 aromatic carbocycles. The number of rotatable bonds is 2. The Morgan fingerprint density at radius 2 is 1.89 bits per heavy atom. The molecule has 4 rings (SSSR count). The van der Waals surface area contributed by atoms with Crippen LogP contribution in [0.4, 0.5) is 5.69 Å². The van der Waals surface area contributed by atoms with Crippen molar-refractivity contribution in [3.8, 4) is 0 Å². The van der Waals surface area contributed by atoms with Gasteiger partial charge in [0.1, 0.15) is 0 Å². The Kier molecular flexibility index (Phi) is 2.86. The van der Waals surface area contributed by atoms with Gasteiger partial charge in [-0.15, -0.1) is 0 Å². The quantitative estimate of drug-likeness (QED) is 0.714. The fourth-order valence-electron chi connectivity index (χ4n) is 4.10. The van der Waals surface area contributed by atoms with Gasteiger partial charge in [0.15, 0.2) is 0 Å². The van der Waals surface area contributed by atoms with E-state index in [1.54, 1.807) is 5.56 Å². The second-order valence-corrected chi connectivity index (χ2v) is 6.36. The van der Waals surface area contributed by atoms with Crippen molar-refractivity contribution in [2.45, 2.75) is 31.6 Å². The van der Waals surface area contributed by atoms with Gasteiger partial charge in [0, 0.05) is 18.8 Å². The molecule has 1 aromatic rings. The summed E-state index contributed by atoms with van der Waals surface area (Å²) < 4.78 is 0. The van der Waals surface area contributed by atoms with Crippen molar-refractivity contribution < 1.29 is 0 Å². The number of fused-ring (bicyclic) bond motifs is 2. The molecule has 1 radical (unpaired) electrons. The van der Waals surface area contributed by atoms with E-state index in [-0.39, 0.29) is 0 Å². The van der Waals surface area contributed by atoms with Crippen LogP contribution in [0, 0.1) is 18.3 Å². The number of anilines is 1. The third kappa shape index (κ3) is 2.09. The largest absolute Gasteiger partial charge is 0.371 e. The van der Waals surface area contributed by atoms with E-state index in [9.17, 15) is 0 Å². The Morgan fingerprint density at radius 3 is 2.53 bits per heavy atom. The molecule has 0 amide bonds. The molecule has 0 aromatic heterocycles. The van der Waals surface area contributed by atoms with Crippen LogP contribution in [0.5, 0.6) is 0 Å². The first-order valence-corrected chi connectivity index (χ1v) is 7.75. The number of benzene rings is 1. The Labute approximate surface area is 116 Å². The van der Waals surface area contributed by atoms with Crippen molar-refractivity contribution in [2.24, 2.45) is 11.8 Å². The van der Waals surface area contributed by atoms with Gasteiger partial charge in [-0.25, -0.2) is 0 Å². The maximum atomic E-state index is 2.49. The van der Waals surface area contributed by atoms with E-state index in [1.165, 1.54) is 37.9 Å². The summed E-state index contributed by atoms with van der Waals surface area (Å²) in [6.07, 6.45) is 12.6. The molecule has 99 valence electrons. The number of hydrogen-bond donors (Lipinski definition) is 0. The highest BCUT2D eigenvalue weighted by Gasteiger charge is 2.36. The lowest BCUT2D eigenvalue weighted by Crippen LogP contribution is -2.29. The van der Waals surface area contributed by atoms with Crippen LogP contribution in [0.1, 0.15) is 37.2 Å². The molecule has 2 aliphatic carbocycles. The Balaban J connectivity index is 1.51. The van der Waals surface area contributed by atoms with Crippen molar-refractivity contribution in [3.05, 3.63) is 48.4 Å². The fourth-order valence-corrected chi connectivity index (χ4v) is 4.10. The molecule has 3 atom stereocenters. The monoisotopic (exact) mass is 252 g/mol. The maximum absolute atomic E-state index is 2.49. The standard InChI is InChI=1S/C18H22N/c1-2-10-19(11-3-1)17-8-6-15(7-9-17)18-13-14-4-5-16(18)12-14/h2,4-9,14,16,18H,1,3,10-13H2. The van der Waals surface area contributed by atoms with Crippen molar-refractivity contribution in [3.63, 3.8) is 0 Å². The van der Waals surface area contributed by atoms with Crippen LogP contribution in [-0.2, 0) is 0 Å². The van der Waals surface area contributed by atoms with Crippen molar-refractivity contribution in [2.75, 3.05) is 18.0 Å². The molecule has 1 heteroatoms. The molecule has 0 N–H and O–H groups in total. The van der Waals surface area contributed by atoms with E-state index in [2.05, 4.69) is 47.7 Å². The van der Waals surface area contributed by atoms with E-state index in [0.29, 0.717) is 0 Å². The van der Waals surface area contributed by atoms with Gasteiger partial charge in [-0.3, -0.25) is 0 Å². The highest BCUT2D eigenvalue weighted by Crippen LogP contribution is 2.48. The lowest BCUT2D eigenvalue weighted by Gasteiger charge is -2.29. The van der Waals surface area contributed by atoms with Crippen molar-refractivity contribution >= 4 is 5.69 Å². The van der Waals surface area contributed by atoms with Crippen LogP contribution in [0.2, 0.25) is 0 Å². The van der Waals surface area contributed by atoms with Gasteiger partial charge in [0.05, 0.1) is 0 Å². The van der Waals surface area contributed by atoms with E-state index >= 15 is 0 Å². The predicted octanol–water partition coefficient (Wildman–Crippen LogP) is 4.17. The highest BCUT2D eigenvalue weighted by atomic mass is 15.1. The molecule has 3 unspecified atom stereocenters. The third-order valence-electron chi connectivity index (χ3n) is 5.15. The molecular formula is C18H22N. The molecule has 19 heavy (non-hydrogen) atoms. The first kappa shape index (κ1) is 11.6. The van der Waals surface area contributed by atoms with E-state index in [0.717, 1.165) is 24.3 Å². The van der Waals surface area contributed by atoms with Crippen molar-refractivity contribution in [1.82, 2.24) is 0 Å². The summed E-state index contributed by atoms with van der Waals surface area (Å²) in [7, 11) is 0. The Bertz CT molecular complexity index is 467. The summed E-state index contributed by atoms with van der Waals surface area (Å²) in [6, 6.07) is 9.43. The summed E-state index contributed by atoms with van der Waals surface area (Å²) >= 11 is 0. The smallest absolute Gasteiger partial charge is 0.0366 e. The van der Waals surface area contributed by atoms with E-state index < -0.39 is 0 Å². The number of piperidine rings is 1. The van der Waals surface area contributed by atoms with Gasteiger partial charge in [-0.1, -0.05) is 24.3 Å². The van der Waals surface area contributed by atoms with Crippen LogP contribution in [0.15, 0.2) is 36.4 Å². The minimum absolute atomic E-state index is 0.789. The average molecular weight is 252 g/mol. The lowest BCUT2D eigenvalue weighted by molar-refractivity contribution is 0.585. The van der Waals surface area contributed by atoms with Gasteiger partial charge in [0.25, 0.3) is 0 Å². The Morgan fingerprint density at radius 1 is 1.00 bits per heavy atom. The normalized spacial score (nSPS) is 33.1. The molecule has 0 spiro atoms. The minimum atomic E-state index is 0.789. The van der Waals surface area contributed by atoms with Crippen molar-refractivity contribution in [1.29, 1.82) is 0 Å². The first-order chi connectivity index (χ1) is 9.40. The topological polar surface area (TPSA) is 3.24 Å². The van der Waals surface area contributed by atoms with Gasteiger partial charge in [0.2, 0.25) is 0 Å². The Hall–Kier alpha value is -1.24. The van der Waals surface area contributed by atoms with Crippen LogP contribution in [-0.4, -0.2) is 13.1 Å². The predicted molar refractivity (Wildman–Crippen MR) is 80.3 cm³/mol. The first-order valence-electron chi connectivity index (χ1n) is 7.75. The molecule has 1 saturated heterocycles. The zero-order valence-electron chi connectivity index (χ0n) is 11.5. The number of allylic oxidation sites excluding steroid dienone is 2.